The van der Waals surface area contributed by atoms with E-state index in [0.717, 1.165) is 18.1 Å². The molecule has 21 heavy (non-hydrogen) atoms. The molecule has 1 N–H and O–H groups in total. The van der Waals surface area contributed by atoms with E-state index in [-0.39, 0.29) is 5.56 Å². The van der Waals surface area contributed by atoms with Gasteiger partial charge in [-0.25, -0.2) is 23.1 Å². The second-order valence-corrected chi connectivity index (χ2v) is 4.77. The van der Waals surface area contributed by atoms with E-state index in [4.69, 9.17) is 0 Å². The van der Waals surface area contributed by atoms with Gasteiger partial charge in [-0.1, -0.05) is 13.0 Å². The smallest absolute Gasteiger partial charge is 0.194 e. The molecular weight excluding hydrogens is 279 g/mol. The average molecular weight is 295 g/mol. The summed E-state index contributed by atoms with van der Waals surface area (Å²) in [5.41, 5.74) is 0.852. The average Bonchev–Trinajstić information content (AvgIpc) is 2.48. The van der Waals surface area contributed by atoms with Gasteiger partial charge < -0.3 is 5.32 Å². The van der Waals surface area contributed by atoms with Crippen LogP contribution >= 0.6 is 0 Å². The molecule has 0 fully saturated rings. The first-order valence-electron chi connectivity index (χ1n) is 6.70. The quantitative estimate of drug-likeness (QED) is 0.860. The van der Waals surface area contributed by atoms with Crippen LogP contribution in [0.25, 0.3) is 0 Å². The molecule has 3 nitrogen and oxygen atoms in total. The molecule has 0 saturated carbocycles. The zero-order chi connectivity index (χ0) is 15.4. The summed E-state index contributed by atoms with van der Waals surface area (Å²) in [6.45, 7) is 4.35. The molecular formula is C15H16F3N3. The van der Waals surface area contributed by atoms with Gasteiger partial charge in [-0.15, -0.1) is 0 Å². The maximum atomic E-state index is 14.0. The van der Waals surface area contributed by atoms with Crippen LogP contribution in [0, 0.1) is 24.4 Å². The number of aryl methyl sites for hydroxylation is 1. The summed E-state index contributed by atoms with van der Waals surface area (Å²) in [7, 11) is 0. The van der Waals surface area contributed by atoms with Crippen molar-refractivity contribution in [3.8, 4) is 0 Å². The van der Waals surface area contributed by atoms with E-state index >= 15 is 0 Å². The first kappa shape index (κ1) is 15.4. The van der Waals surface area contributed by atoms with Gasteiger partial charge in [0.05, 0.1) is 6.04 Å². The third-order valence-electron chi connectivity index (χ3n) is 3.03. The Morgan fingerprint density at radius 2 is 1.76 bits per heavy atom. The summed E-state index contributed by atoms with van der Waals surface area (Å²) in [4.78, 5) is 8.29. The third-order valence-corrected chi connectivity index (χ3v) is 3.03. The molecule has 0 bridgehead atoms. The number of aromatic nitrogens is 2. The molecule has 1 heterocycles. The molecule has 0 aliphatic carbocycles. The van der Waals surface area contributed by atoms with E-state index in [0.29, 0.717) is 12.4 Å². The van der Waals surface area contributed by atoms with Crippen molar-refractivity contribution in [2.45, 2.75) is 26.3 Å². The Bertz CT molecular complexity index is 614. The summed E-state index contributed by atoms with van der Waals surface area (Å²) >= 11 is 0. The molecule has 0 aliphatic rings. The minimum absolute atomic E-state index is 0.00815. The molecule has 0 amide bonds. The number of nitrogens with one attached hydrogen (secondary N) is 1. The molecule has 0 saturated heterocycles. The molecule has 0 radical (unpaired) electrons. The lowest BCUT2D eigenvalue weighted by Gasteiger charge is -2.18. The van der Waals surface area contributed by atoms with Crippen LogP contribution in [0.15, 0.2) is 24.5 Å². The predicted octanol–water partition coefficient (Wildman–Crippen LogP) is 3.29. The minimum Gasteiger partial charge on any atom is -0.304 e. The van der Waals surface area contributed by atoms with Crippen molar-refractivity contribution < 1.29 is 13.2 Å². The lowest BCUT2D eigenvalue weighted by molar-refractivity contribution is 0.430. The molecule has 2 rings (SSSR count). The van der Waals surface area contributed by atoms with Gasteiger partial charge >= 0.3 is 0 Å². The van der Waals surface area contributed by atoms with E-state index in [1.165, 1.54) is 6.07 Å². The highest BCUT2D eigenvalue weighted by molar-refractivity contribution is 5.28. The van der Waals surface area contributed by atoms with Crippen molar-refractivity contribution in [1.29, 1.82) is 0 Å². The number of hydrogen-bond donors (Lipinski definition) is 1. The fraction of sp³-hybridized carbons (Fsp3) is 0.333. The van der Waals surface area contributed by atoms with Crippen molar-refractivity contribution in [3.05, 3.63) is 58.9 Å². The molecule has 0 aliphatic heterocycles. The van der Waals surface area contributed by atoms with Crippen molar-refractivity contribution in [1.82, 2.24) is 15.3 Å². The summed E-state index contributed by atoms with van der Waals surface area (Å²) < 4.78 is 40.5. The lowest BCUT2D eigenvalue weighted by atomic mass is 10.0. The van der Waals surface area contributed by atoms with Gasteiger partial charge in [-0.2, -0.15) is 0 Å². The Balaban J connectivity index is 2.45. The fourth-order valence-electron chi connectivity index (χ4n) is 1.94. The van der Waals surface area contributed by atoms with Gasteiger partial charge in [-0.3, -0.25) is 0 Å². The molecule has 1 aromatic carbocycles. The van der Waals surface area contributed by atoms with Crippen molar-refractivity contribution >= 4 is 0 Å². The van der Waals surface area contributed by atoms with Gasteiger partial charge in [-0.05, 0) is 31.5 Å². The Kier molecular flexibility index (Phi) is 4.90. The van der Waals surface area contributed by atoms with Crippen molar-refractivity contribution in [2.24, 2.45) is 0 Å². The van der Waals surface area contributed by atoms with Crippen LogP contribution in [0.5, 0.6) is 0 Å². The predicted molar refractivity (Wildman–Crippen MR) is 73.2 cm³/mol. The van der Waals surface area contributed by atoms with Gasteiger partial charge in [0.15, 0.2) is 17.5 Å². The first-order valence-corrected chi connectivity index (χ1v) is 6.70. The van der Waals surface area contributed by atoms with Crippen LogP contribution < -0.4 is 5.32 Å². The maximum absolute atomic E-state index is 14.0. The van der Waals surface area contributed by atoms with Crippen LogP contribution in [0.3, 0.4) is 0 Å². The summed E-state index contributed by atoms with van der Waals surface area (Å²) in [6.07, 6.45) is 4.00. The summed E-state index contributed by atoms with van der Waals surface area (Å²) in [5, 5.41) is 3.05. The first-order chi connectivity index (χ1) is 10.0. The summed E-state index contributed by atoms with van der Waals surface area (Å²) in [5.74, 6) is -3.59. The van der Waals surface area contributed by atoms with E-state index < -0.39 is 23.5 Å². The third kappa shape index (κ3) is 3.39. The SMILES string of the molecule is CCCNC(c1ncc(C)cn1)c1ccc(F)c(F)c1F. The molecule has 2 aromatic rings. The number of rotatable bonds is 5. The van der Waals surface area contributed by atoms with Crippen LogP contribution in [0.2, 0.25) is 0 Å². The zero-order valence-electron chi connectivity index (χ0n) is 11.8. The zero-order valence-corrected chi connectivity index (χ0v) is 11.8. The number of hydrogen-bond acceptors (Lipinski definition) is 3. The standard InChI is InChI=1S/C15H16F3N3/c1-3-6-19-14(15-20-7-9(2)8-21-15)10-4-5-11(16)13(18)12(10)17/h4-5,7-8,14,19H,3,6H2,1-2H3. The van der Waals surface area contributed by atoms with Crippen LogP contribution in [0.1, 0.15) is 36.3 Å². The fourth-order valence-corrected chi connectivity index (χ4v) is 1.94. The van der Waals surface area contributed by atoms with Gasteiger partial charge in [0.2, 0.25) is 0 Å². The van der Waals surface area contributed by atoms with Crippen LogP contribution in [-0.2, 0) is 0 Å². The molecule has 6 heteroatoms. The second kappa shape index (κ2) is 6.67. The Labute approximate surface area is 121 Å². The summed E-state index contributed by atoms with van der Waals surface area (Å²) in [6, 6.07) is 1.40. The van der Waals surface area contributed by atoms with Gasteiger partial charge in [0.1, 0.15) is 5.82 Å². The normalized spacial score (nSPS) is 12.4. The maximum Gasteiger partial charge on any atom is 0.194 e. The largest absolute Gasteiger partial charge is 0.304 e. The van der Waals surface area contributed by atoms with Crippen molar-refractivity contribution in [3.63, 3.8) is 0 Å². The van der Waals surface area contributed by atoms with E-state index in [9.17, 15) is 13.2 Å². The molecule has 1 unspecified atom stereocenters. The molecule has 0 spiro atoms. The highest BCUT2D eigenvalue weighted by Gasteiger charge is 2.23. The number of nitrogens with zero attached hydrogens (tertiary/aromatic N) is 2. The Hall–Kier alpha value is -1.95. The topological polar surface area (TPSA) is 37.8 Å². The van der Waals surface area contributed by atoms with Crippen LogP contribution in [0.4, 0.5) is 13.2 Å². The van der Waals surface area contributed by atoms with Gasteiger partial charge in [0, 0.05) is 18.0 Å². The highest BCUT2D eigenvalue weighted by atomic mass is 19.2. The highest BCUT2D eigenvalue weighted by Crippen LogP contribution is 2.25. The second-order valence-electron chi connectivity index (χ2n) is 4.77. The Morgan fingerprint density at radius 1 is 1.10 bits per heavy atom. The molecule has 1 atom stereocenters. The molecule has 112 valence electrons. The lowest BCUT2D eigenvalue weighted by Crippen LogP contribution is -2.26. The van der Waals surface area contributed by atoms with Gasteiger partial charge in [0.25, 0.3) is 0 Å². The Morgan fingerprint density at radius 3 is 2.38 bits per heavy atom. The minimum atomic E-state index is -1.48. The van der Waals surface area contributed by atoms with E-state index in [2.05, 4.69) is 15.3 Å². The van der Waals surface area contributed by atoms with E-state index in [1.54, 1.807) is 12.4 Å². The van der Waals surface area contributed by atoms with Crippen LogP contribution in [-0.4, -0.2) is 16.5 Å². The van der Waals surface area contributed by atoms with E-state index in [1.807, 2.05) is 13.8 Å². The monoisotopic (exact) mass is 295 g/mol. The number of halogens is 3. The van der Waals surface area contributed by atoms with Crippen molar-refractivity contribution in [2.75, 3.05) is 6.54 Å². The molecule has 1 aromatic heterocycles. The number of benzene rings is 1.